The minimum atomic E-state index is -1.13. The first kappa shape index (κ1) is 16.4. The van der Waals surface area contributed by atoms with E-state index in [1.54, 1.807) is 0 Å². The number of esters is 1. The number of carboxylic acids is 1. The second-order valence-corrected chi connectivity index (χ2v) is 4.97. The van der Waals surface area contributed by atoms with Crippen molar-refractivity contribution < 1.29 is 24.2 Å². The molecule has 1 heterocycles. The highest BCUT2D eigenvalue weighted by Gasteiger charge is 2.23. The highest BCUT2D eigenvalue weighted by atomic mass is 16.5. The van der Waals surface area contributed by atoms with Crippen LogP contribution < -0.4 is 10.6 Å². The van der Waals surface area contributed by atoms with Crippen molar-refractivity contribution in [2.75, 3.05) is 20.2 Å². The van der Waals surface area contributed by atoms with Crippen LogP contribution in [0.1, 0.15) is 32.1 Å². The lowest BCUT2D eigenvalue weighted by atomic mass is 9.94. The summed E-state index contributed by atoms with van der Waals surface area (Å²) in [4.78, 5) is 33.9. The molecule has 1 aliphatic heterocycles. The van der Waals surface area contributed by atoms with Gasteiger partial charge in [-0.25, -0.2) is 4.79 Å². The van der Waals surface area contributed by atoms with Gasteiger partial charge in [-0.3, -0.25) is 9.59 Å². The van der Waals surface area contributed by atoms with Crippen molar-refractivity contribution >= 4 is 17.8 Å². The summed E-state index contributed by atoms with van der Waals surface area (Å²) >= 11 is 0. The maximum Gasteiger partial charge on any atom is 0.326 e. The fourth-order valence-electron chi connectivity index (χ4n) is 2.22. The van der Waals surface area contributed by atoms with Gasteiger partial charge < -0.3 is 20.5 Å². The molecule has 1 atom stereocenters. The van der Waals surface area contributed by atoms with E-state index in [1.807, 2.05) is 0 Å². The summed E-state index contributed by atoms with van der Waals surface area (Å²) < 4.78 is 4.46. The van der Waals surface area contributed by atoms with Crippen LogP contribution in [0.15, 0.2) is 0 Å². The second-order valence-electron chi connectivity index (χ2n) is 4.97. The van der Waals surface area contributed by atoms with E-state index in [-0.39, 0.29) is 18.7 Å². The van der Waals surface area contributed by atoms with Gasteiger partial charge >= 0.3 is 11.9 Å². The molecule has 1 rings (SSSR count). The van der Waals surface area contributed by atoms with Crippen LogP contribution in [0, 0.1) is 5.92 Å². The molecule has 1 saturated heterocycles. The Hall–Kier alpha value is -1.63. The maximum atomic E-state index is 11.8. The van der Waals surface area contributed by atoms with Crippen molar-refractivity contribution in [2.24, 2.45) is 5.92 Å². The predicted molar refractivity (Wildman–Crippen MR) is 71.0 cm³/mol. The monoisotopic (exact) mass is 286 g/mol. The van der Waals surface area contributed by atoms with Crippen LogP contribution in [-0.4, -0.2) is 49.2 Å². The minimum Gasteiger partial charge on any atom is -0.480 e. The van der Waals surface area contributed by atoms with Crippen molar-refractivity contribution in [3.8, 4) is 0 Å². The number of carboxylic acid groups (broad SMARTS) is 1. The number of piperidine rings is 1. The van der Waals surface area contributed by atoms with E-state index in [0.717, 1.165) is 25.9 Å². The summed E-state index contributed by atoms with van der Waals surface area (Å²) in [6, 6.07) is -1.04. The smallest absolute Gasteiger partial charge is 0.326 e. The normalized spacial score (nSPS) is 17.2. The molecule has 20 heavy (non-hydrogen) atoms. The first-order chi connectivity index (χ1) is 9.52. The average molecular weight is 286 g/mol. The van der Waals surface area contributed by atoms with Gasteiger partial charge in [0.1, 0.15) is 6.04 Å². The van der Waals surface area contributed by atoms with Gasteiger partial charge in [0.25, 0.3) is 0 Å². The molecule has 1 unspecified atom stereocenters. The molecule has 7 heteroatoms. The number of carbonyl (C=O) groups excluding carboxylic acids is 2. The summed E-state index contributed by atoms with van der Waals surface area (Å²) in [6.45, 7) is 1.78. The van der Waals surface area contributed by atoms with E-state index >= 15 is 0 Å². The summed E-state index contributed by atoms with van der Waals surface area (Å²) in [6.07, 6.45) is 2.20. The van der Waals surface area contributed by atoms with Gasteiger partial charge in [0.2, 0.25) is 5.91 Å². The molecule has 1 aliphatic rings. The van der Waals surface area contributed by atoms with E-state index in [9.17, 15) is 14.4 Å². The number of hydrogen-bond acceptors (Lipinski definition) is 5. The molecule has 0 saturated carbocycles. The predicted octanol–water partition coefficient (Wildman–Crippen LogP) is -0.101. The quantitative estimate of drug-likeness (QED) is 0.564. The van der Waals surface area contributed by atoms with Crippen molar-refractivity contribution in [1.29, 1.82) is 0 Å². The summed E-state index contributed by atoms with van der Waals surface area (Å²) in [5.74, 6) is -1.59. The molecule has 1 fully saturated rings. The molecule has 7 nitrogen and oxygen atoms in total. The van der Waals surface area contributed by atoms with Crippen LogP contribution in [0.25, 0.3) is 0 Å². The Kier molecular flexibility index (Phi) is 7.00. The van der Waals surface area contributed by atoms with Crippen molar-refractivity contribution in [3.05, 3.63) is 0 Å². The zero-order valence-electron chi connectivity index (χ0n) is 11.7. The van der Waals surface area contributed by atoms with Crippen LogP contribution in [0.4, 0.5) is 0 Å². The van der Waals surface area contributed by atoms with Gasteiger partial charge in [-0.2, -0.15) is 0 Å². The van der Waals surface area contributed by atoms with Gasteiger partial charge in [0, 0.05) is 12.8 Å². The van der Waals surface area contributed by atoms with Gasteiger partial charge in [-0.1, -0.05) is 0 Å². The Bertz CT molecular complexity index is 353. The minimum absolute atomic E-state index is 0.0267. The number of amides is 1. The molecular formula is C13H22N2O5. The van der Waals surface area contributed by atoms with Crippen LogP contribution >= 0.6 is 0 Å². The first-order valence-corrected chi connectivity index (χ1v) is 6.82. The molecule has 0 aromatic carbocycles. The van der Waals surface area contributed by atoms with E-state index in [2.05, 4.69) is 15.4 Å². The van der Waals surface area contributed by atoms with E-state index in [4.69, 9.17) is 5.11 Å². The molecule has 3 N–H and O–H groups in total. The van der Waals surface area contributed by atoms with Gasteiger partial charge in [-0.05, 0) is 38.3 Å². The van der Waals surface area contributed by atoms with Crippen molar-refractivity contribution in [2.45, 2.75) is 38.1 Å². The maximum absolute atomic E-state index is 11.8. The highest BCUT2D eigenvalue weighted by molar-refractivity contribution is 5.84. The third-order valence-corrected chi connectivity index (χ3v) is 3.43. The molecule has 1 amide bonds. The summed E-state index contributed by atoms with van der Waals surface area (Å²) in [7, 11) is 1.24. The zero-order chi connectivity index (χ0) is 15.0. The Morgan fingerprint density at radius 3 is 2.55 bits per heavy atom. The van der Waals surface area contributed by atoms with E-state index in [1.165, 1.54) is 7.11 Å². The number of carbonyl (C=O) groups is 3. The third-order valence-electron chi connectivity index (χ3n) is 3.43. The zero-order valence-corrected chi connectivity index (χ0v) is 11.7. The number of hydrogen-bond donors (Lipinski definition) is 3. The molecule has 0 aromatic rings. The fourth-order valence-corrected chi connectivity index (χ4v) is 2.22. The lowest BCUT2D eigenvalue weighted by molar-refractivity contribution is -0.144. The van der Waals surface area contributed by atoms with Crippen LogP contribution in [0.3, 0.4) is 0 Å². The number of rotatable bonds is 7. The van der Waals surface area contributed by atoms with E-state index < -0.39 is 18.0 Å². The van der Waals surface area contributed by atoms with Crippen LogP contribution in [0.2, 0.25) is 0 Å². The number of methoxy groups -OCH3 is 1. The van der Waals surface area contributed by atoms with Gasteiger partial charge in [0.05, 0.1) is 7.11 Å². The summed E-state index contributed by atoms with van der Waals surface area (Å²) in [5, 5.41) is 14.7. The average Bonchev–Trinajstić information content (AvgIpc) is 2.43. The topological polar surface area (TPSA) is 105 Å². The molecule has 0 spiro atoms. The fraction of sp³-hybridized carbons (Fsp3) is 0.769. The molecular weight excluding hydrogens is 264 g/mol. The molecule has 114 valence electrons. The number of aliphatic carboxylic acids is 1. The van der Waals surface area contributed by atoms with Gasteiger partial charge in [0.15, 0.2) is 0 Å². The first-order valence-electron chi connectivity index (χ1n) is 6.82. The Morgan fingerprint density at radius 1 is 1.35 bits per heavy atom. The van der Waals surface area contributed by atoms with Crippen molar-refractivity contribution in [1.82, 2.24) is 10.6 Å². The Balaban J connectivity index is 2.37. The van der Waals surface area contributed by atoms with Crippen LogP contribution in [-0.2, 0) is 19.1 Å². The SMILES string of the molecule is COC(=O)CCC(NC(=O)CC1CCNCC1)C(=O)O. The van der Waals surface area contributed by atoms with Crippen molar-refractivity contribution in [3.63, 3.8) is 0 Å². The Morgan fingerprint density at radius 2 is 2.00 bits per heavy atom. The number of nitrogens with one attached hydrogen (secondary N) is 2. The largest absolute Gasteiger partial charge is 0.480 e. The molecule has 0 aliphatic carbocycles. The second kappa shape index (κ2) is 8.52. The van der Waals surface area contributed by atoms with Gasteiger partial charge in [-0.15, -0.1) is 0 Å². The Labute approximate surface area is 118 Å². The summed E-state index contributed by atoms with van der Waals surface area (Å²) in [5.41, 5.74) is 0. The molecule has 0 aromatic heterocycles. The standard InChI is InChI=1S/C13H22N2O5/c1-20-12(17)3-2-10(13(18)19)15-11(16)8-9-4-6-14-7-5-9/h9-10,14H,2-8H2,1H3,(H,15,16)(H,18,19). The third kappa shape index (κ3) is 6.01. The highest BCUT2D eigenvalue weighted by Crippen LogP contribution is 2.15. The van der Waals surface area contributed by atoms with E-state index in [0.29, 0.717) is 12.3 Å². The lowest BCUT2D eigenvalue weighted by Crippen LogP contribution is -2.42. The van der Waals surface area contributed by atoms with Crippen LogP contribution in [0.5, 0.6) is 0 Å². The molecule has 0 bridgehead atoms. The lowest BCUT2D eigenvalue weighted by Gasteiger charge is -2.23. The number of ether oxygens (including phenoxy) is 1. The molecule has 0 radical (unpaired) electrons.